The van der Waals surface area contributed by atoms with Crippen LogP contribution in [0.25, 0.3) is 0 Å². The summed E-state index contributed by atoms with van der Waals surface area (Å²) in [6.45, 7) is 4.33. The highest BCUT2D eigenvalue weighted by Crippen LogP contribution is 2.10. The molecule has 0 fully saturated rings. The van der Waals surface area contributed by atoms with E-state index in [0.29, 0.717) is 5.92 Å². The van der Waals surface area contributed by atoms with Crippen molar-refractivity contribution in [2.24, 2.45) is 10.9 Å². The Labute approximate surface area is 69.4 Å². The number of allylic oxidation sites excluding steroid dienone is 1. The third-order valence-electron chi connectivity index (χ3n) is 1.79. The Morgan fingerprint density at radius 1 is 1.64 bits per heavy atom. The number of hydrogen-bond donors (Lipinski definition) is 1. The largest absolute Gasteiger partial charge is 0.394 e. The Hall–Kier alpha value is -0.790. The Morgan fingerprint density at radius 2 is 2.27 bits per heavy atom. The summed E-state index contributed by atoms with van der Waals surface area (Å²) in [7, 11) is 3.73. The van der Waals surface area contributed by atoms with Crippen molar-refractivity contribution in [2.45, 2.75) is 20.3 Å². The molecule has 1 N–H and O–H groups in total. The molecule has 0 saturated carbocycles. The number of nitrogens with one attached hydrogen (secondary N) is 1. The van der Waals surface area contributed by atoms with Crippen LogP contribution in [0.2, 0.25) is 0 Å². The maximum absolute atomic E-state index is 3.95. The molecule has 2 nitrogen and oxygen atoms in total. The summed E-state index contributed by atoms with van der Waals surface area (Å²) in [6.07, 6.45) is 5.02. The molecule has 2 heteroatoms. The van der Waals surface area contributed by atoms with Crippen molar-refractivity contribution >= 4 is 6.21 Å². The SMILES string of the molecule is CN=CCC(C)/C(C)=C\NC. The summed E-state index contributed by atoms with van der Waals surface area (Å²) in [5, 5.41) is 3.02. The maximum atomic E-state index is 3.95. The highest BCUT2D eigenvalue weighted by atomic mass is 14.8. The summed E-state index contributed by atoms with van der Waals surface area (Å²) in [4.78, 5) is 3.95. The van der Waals surface area contributed by atoms with Crippen LogP contribution in [0.1, 0.15) is 20.3 Å². The van der Waals surface area contributed by atoms with E-state index < -0.39 is 0 Å². The smallest absolute Gasteiger partial charge is 0.0273 e. The molecular formula is C9H18N2. The van der Waals surface area contributed by atoms with Gasteiger partial charge in [0.25, 0.3) is 0 Å². The molecule has 0 heterocycles. The zero-order chi connectivity index (χ0) is 8.69. The Morgan fingerprint density at radius 3 is 2.73 bits per heavy atom. The number of nitrogens with zero attached hydrogens (tertiary/aromatic N) is 1. The van der Waals surface area contributed by atoms with E-state index in [2.05, 4.69) is 24.2 Å². The molecule has 1 atom stereocenters. The second-order valence-electron chi connectivity index (χ2n) is 2.75. The molecule has 0 bridgehead atoms. The van der Waals surface area contributed by atoms with Gasteiger partial charge in [-0.3, -0.25) is 0 Å². The van der Waals surface area contributed by atoms with Gasteiger partial charge in [-0.15, -0.1) is 0 Å². The van der Waals surface area contributed by atoms with Gasteiger partial charge >= 0.3 is 0 Å². The first-order valence-electron chi connectivity index (χ1n) is 3.97. The van der Waals surface area contributed by atoms with Gasteiger partial charge < -0.3 is 10.3 Å². The first-order valence-corrected chi connectivity index (χ1v) is 3.97. The first-order chi connectivity index (χ1) is 5.22. The quantitative estimate of drug-likeness (QED) is 0.614. The van der Waals surface area contributed by atoms with Crippen LogP contribution in [0.15, 0.2) is 16.8 Å². The standard InChI is InChI=1S/C9H18N2/c1-8(5-6-10-3)9(2)7-11-4/h6-8,11H,5H2,1-4H3/b9-7-,10-6?. The topological polar surface area (TPSA) is 24.4 Å². The molecule has 0 spiro atoms. The van der Waals surface area contributed by atoms with E-state index in [4.69, 9.17) is 0 Å². The van der Waals surface area contributed by atoms with Gasteiger partial charge in [0.1, 0.15) is 0 Å². The Kier molecular flexibility index (Phi) is 5.53. The monoisotopic (exact) mass is 154 g/mol. The zero-order valence-corrected chi connectivity index (χ0v) is 7.89. The third kappa shape index (κ3) is 4.59. The minimum absolute atomic E-state index is 0.589. The van der Waals surface area contributed by atoms with Gasteiger partial charge in [0.05, 0.1) is 0 Å². The average Bonchev–Trinajstić information content (AvgIpc) is 2.00. The molecule has 0 aromatic heterocycles. The van der Waals surface area contributed by atoms with Gasteiger partial charge in [0.15, 0.2) is 0 Å². The highest BCUT2D eigenvalue weighted by Gasteiger charge is 2.00. The fraction of sp³-hybridized carbons (Fsp3) is 0.667. The predicted octanol–water partition coefficient (Wildman–Crippen LogP) is 1.84. The van der Waals surface area contributed by atoms with E-state index in [1.807, 2.05) is 26.5 Å². The third-order valence-corrected chi connectivity index (χ3v) is 1.79. The van der Waals surface area contributed by atoms with E-state index in [0.717, 1.165) is 6.42 Å². The van der Waals surface area contributed by atoms with Crippen LogP contribution < -0.4 is 5.32 Å². The maximum Gasteiger partial charge on any atom is 0.0273 e. The van der Waals surface area contributed by atoms with E-state index >= 15 is 0 Å². The van der Waals surface area contributed by atoms with E-state index in [1.165, 1.54) is 5.57 Å². The summed E-state index contributed by atoms with van der Waals surface area (Å²) in [6, 6.07) is 0. The molecule has 11 heavy (non-hydrogen) atoms. The van der Waals surface area contributed by atoms with Crippen LogP contribution in [0.5, 0.6) is 0 Å². The van der Waals surface area contributed by atoms with Crippen molar-refractivity contribution in [1.82, 2.24) is 5.32 Å². The lowest BCUT2D eigenvalue weighted by molar-refractivity contribution is 0.713. The Bertz CT molecular complexity index is 148. The fourth-order valence-electron chi connectivity index (χ4n) is 0.819. The summed E-state index contributed by atoms with van der Waals surface area (Å²) in [5.74, 6) is 0.589. The normalized spacial score (nSPS) is 15.5. The molecular weight excluding hydrogens is 136 g/mol. The second-order valence-corrected chi connectivity index (χ2v) is 2.75. The van der Waals surface area contributed by atoms with Gasteiger partial charge in [0.2, 0.25) is 0 Å². The molecule has 0 aliphatic heterocycles. The first kappa shape index (κ1) is 10.2. The molecule has 0 radical (unpaired) electrons. The minimum atomic E-state index is 0.589. The van der Waals surface area contributed by atoms with Gasteiger partial charge in [-0.2, -0.15) is 0 Å². The lowest BCUT2D eigenvalue weighted by Gasteiger charge is -2.08. The van der Waals surface area contributed by atoms with Crippen molar-refractivity contribution < 1.29 is 0 Å². The van der Waals surface area contributed by atoms with Crippen molar-refractivity contribution in [1.29, 1.82) is 0 Å². The van der Waals surface area contributed by atoms with Gasteiger partial charge in [-0.25, -0.2) is 0 Å². The van der Waals surface area contributed by atoms with Gasteiger partial charge in [-0.1, -0.05) is 12.5 Å². The average molecular weight is 154 g/mol. The number of aliphatic imine (C=N–C) groups is 1. The molecule has 0 saturated heterocycles. The molecule has 0 aliphatic carbocycles. The van der Waals surface area contributed by atoms with Crippen LogP contribution >= 0.6 is 0 Å². The van der Waals surface area contributed by atoms with Crippen molar-refractivity contribution in [3.8, 4) is 0 Å². The highest BCUT2D eigenvalue weighted by molar-refractivity contribution is 5.57. The van der Waals surface area contributed by atoms with Crippen LogP contribution in [0.3, 0.4) is 0 Å². The van der Waals surface area contributed by atoms with Crippen LogP contribution in [0.4, 0.5) is 0 Å². The molecule has 0 aliphatic rings. The fourth-order valence-corrected chi connectivity index (χ4v) is 0.819. The minimum Gasteiger partial charge on any atom is -0.394 e. The Balaban J connectivity index is 3.81. The molecule has 0 aromatic carbocycles. The molecule has 1 unspecified atom stereocenters. The van der Waals surface area contributed by atoms with Crippen LogP contribution in [0, 0.1) is 5.92 Å². The van der Waals surface area contributed by atoms with Gasteiger partial charge in [0, 0.05) is 14.1 Å². The molecule has 0 rings (SSSR count). The summed E-state index contributed by atoms with van der Waals surface area (Å²) >= 11 is 0. The lowest BCUT2D eigenvalue weighted by Crippen LogP contribution is -2.02. The second kappa shape index (κ2) is 5.96. The predicted molar refractivity (Wildman–Crippen MR) is 51.0 cm³/mol. The molecule has 0 aromatic rings. The number of rotatable bonds is 4. The number of hydrogen-bond acceptors (Lipinski definition) is 2. The van der Waals surface area contributed by atoms with Crippen LogP contribution in [-0.4, -0.2) is 20.3 Å². The van der Waals surface area contributed by atoms with Crippen LogP contribution in [-0.2, 0) is 0 Å². The van der Waals surface area contributed by atoms with E-state index in [9.17, 15) is 0 Å². The lowest BCUT2D eigenvalue weighted by atomic mass is 10.0. The van der Waals surface area contributed by atoms with Crippen molar-refractivity contribution in [3.63, 3.8) is 0 Å². The molecule has 0 amide bonds. The van der Waals surface area contributed by atoms with E-state index in [1.54, 1.807) is 0 Å². The van der Waals surface area contributed by atoms with Crippen molar-refractivity contribution in [2.75, 3.05) is 14.1 Å². The van der Waals surface area contributed by atoms with Crippen molar-refractivity contribution in [3.05, 3.63) is 11.8 Å². The molecule has 64 valence electrons. The van der Waals surface area contributed by atoms with Gasteiger partial charge in [-0.05, 0) is 31.7 Å². The summed E-state index contributed by atoms with van der Waals surface area (Å²) < 4.78 is 0. The summed E-state index contributed by atoms with van der Waals surface area (Å²) in [5.41, 5.74) is 1.37. The zero-order valence-electron chi connectivity index (χ0n) is 7.89. The van der Waals surface area contributed by atoms with E-state index in [-0.39, 0.29) is 0 Å².